The van der Waals surface area contributed by atoms with Gasteiger partial charge in [-0.1, -0.05) is 61.3 Å². The largest absolute Gasteiger partial charge is 0.329 e. The van der Waals surface area contributed by atoms with Crippen molar-refractivity contribution in [2.45, 2.75) is 39.7 Å². The van der Waals surface area contributed by atoms with Crippen LogP contribution < -0.4 is 5.56 Å². The van der Waals surface area contributed by atoms with Crippen molar-refractivity contribution in [3.63, 3.8) is 0 Å². The van der Waals surface area contributed by atoms with Gasteiger partial charge >= 0.3 is 0 Å². The van der Waals surface area contributed by atoms with Crippen molar-refractivity contribution >= 4 is 40.0 Å². The topological polar surface area (TPSA) is 55.2 Å². The number of para-hydroxylation sites is 1. The Bertz CT molecular complexity index is 1430. The molecule has 7 heteroatoms. The van der Waals surface area contributed by atoms with Crippen LogP contribution >= 0.6 is 23.2 Å². The van der Waals surface area contributed by atoms with Crippen LogP contribution in [0.3, 0.4) is 0 Å². The van der Waals surface area contributed by atoms with Gasteiger partial charge in [-0.2, -0.15) is 0 Å². The molecule has 180 valence electrons. The number of benzene rings is 3. The van der Waals surface area contributed by atoms with Gasteiger partial charge in [0.2, 0.25) is 0 Å². The molecule has 1 amide bonds. The van der Waals surface area contributed by atoms with Gasteiger partial charge in [0, 0.05) is 11.6 Å². The highest BCUT2D eigenvalue weighted by Crippen LogP contribution is 2.30. The SMILES string of the molecule is CCc1ccc(-n2c(C(CC)N(CC)C(=O)c3ccc(Cl)cc3Cl)nc3ccccc3c2=O)cc1. The third-order valence-electron chi connectivity index (χ3n) is 6.23. The molecule has 4 aromatic rings. The van der Waals surface area contributed by atoms with Crippen molar-refractivity contribution in [2.24, 2.45) is 0 Å². The highest BCUT2D eigenvalue weighted by Gasteiger charge is 2.29. The molecule has 3 aromatic carbocycles. The van der Waals surface area contributed by atoms with Crippen LogP contribution in [0.4, 0.5) is 0 Å². The molecular weight excluding hydrogens is 481 g/mol. The Balaban J connectivity index is 1.92. The highest BCUT2D eigenvalue weighted by molar-refractivity contribution is 6.36. The summed E-state index contributed by atoms with van der Waals surface area (Å²) in [6.07, 6.45) is 1.46. The molecule has 1 unspecified atom stereocenters. The quantitative estimate of drug-likeness (QED) is 0.274. The molecule has 0 saturated heterocycles. The number of hydrogen-bond donors (Lipinski definition) is 0. The second-order valence-electron chi connectivity index (χ2n) is 8.29. The van der Waals surface area contributed by atoms with Crippen LogP contribution in [0.2, 0.25) is 10.0 Å². The van der Waals surface area contributed by atoms with E-state index in [0.29, 0.717) is 46.0 Å². The van der Waals surface area contributed by atoms with E-state index in [0.717, 1.165) is 6.42 Å². The van der Waals surface area contributed by atoms with E-state index in [1.165, 1.54) is 5.56 Å². The fourth-order valence-electron chi connectivity index (χ4n) is 4.37. The summed E-state index contributed by atoms with van der Waals surface area (Å²) in [7, 11) is 0. The van der Waals surface area contributed by atoms with Crippen molar-refractivity contribution in [1.29, 1.82) is 0 Å². The Hall–Kier alpha value is -3.15. The lowest BCUT2D eigenvalue weighted by molar-refractivity contribution is 0.0672. The molecule has 0 aliphatic heterocycles. The third-order valence-corrected chi connectivity index (χ3v) is 6.78. The van der Waals surface area contributed by atoms with E-state index in [4.69, 9.17) is 28.2 Å². The molecule has 4 rings (SSSR count). The summed E-state index contributed by atoms with van der Waals surface area (Å²) in [6, 6.07) is 19.6. The van der Waals surface area contributed by atoms with Crippen LogP contribution in [-0.4, -0.2) is 26.9 Å². The lowest BCUT2D eigenvalue weighted by Crippen LogP contribution is -2.38. The predicted octanol–water partition coefficient (Wildman–Crippen LogP) is 6.87. The number of carbonyl (C=O) groups excluding carboxylic acids is 1. The summed E-state index contributed by atoms with van der Waals surface area (Å²) >= 11 is 12.4. The number of halogens is 2. The average Bonchev–Trinajstić information content (AvgIpc) is 2.87. The molecule has 0 radical (unpaired) electrons. The zero-order valence-electron chi connectivity index (χ0n) is 20.0. The van der Waals surface area contributed by atoms with E-state index in [2.05, 4.69) is 6.92 Å². The summed E-state index contributed by atoms with van der Waals surface area (Å²) in [5.41, 5.74) is 2.68. The van der Waals surface area contributed by atoms with E-state index in [1.807, 2.05) is 56.3 Å². The zero-order valence-corrected chi connectivity index (χ0v) is 21.5. The Labute approximate surface area is 214 Å². The first-order valence-corrected chi connectivity index (χ1v) is 12.5. The van der Waals surface area contributed by atoms with Crippen molar-refractivity contribution in [3.05, 3.63) is 104 Å². The van der Waals surface area contributed by atoms with E-state index in [1.54, 1.807) is 33.7 Å². The third kappa shape index (κ3) is 4.84. The van der Waals surface area contributed by atoms with E-state index in [9.17, 15) is 9.59 Å². The molecule has 0 fully saturated rings. The molecule has 0 aliphatic rings. The molecular formula is C28H27Cl2N3O2. The minimum atomic E-state index is -0.456. The highest BCUT2D eigenvalue weighted by atomic mass is 35.5. The van der Waals surface area contributed by atoms with Gasteiger partial charge in [0.15, 0.2) is 0 Å². The number of amides is 1. The van der Waals surface area contributed by atoms with Crippen molar-refractivity contribution < 1.29 is 4.79 Å². The first-order chi connectivity index (χ1) is 16.9. The molecule has 0 spiro atoms. The van der Waals surface area contributed by atoms with Crippen molar-refractivity contribution in [2.75, 3.05) is 6.54 Å². The van der Waals surface area contributed by atoms with Crippen LogP contribution in [0.1, 0.15) is 55.0 Å². The summed E-state index contributed by atoms with van der Waals surface area (Å²) in [5.74, 6) is 0.275. The first kappa shape index (κ1) is 25.0. The Morgan fingerprint density at radius 1 is 1.00 bits per heavy atom. The Kier molecular flexibility index (Phi) is 7.58. The standard InChI is InChI=1S/C28H27Cl2N3O2/c1-4-18-11-14-20(15-12-18)33-26(31-24-10-8-7-9-22(24)28(33)35)25(5-2)32(6-3)27(34)21-16-13-19(29)17-23(21)30/h7-17,25H,4-6H2,1-3H3. The lowest BCUT2D eigenvalue weighted by atomic mass is 10.1. The molecule has 1 atom stereocenters. The van der Waals surface area contributed by atoms with Crippen LogP contribution in [0.5, 0.6) is 0 Å². The van der Waals surface area contributed by atoms with Gasteiger partial charge in [-0.25, -0.2) is 4.98 Å². The number of rotatable bonds is 7. The maximum absolute atomic E-state index is 13.8. The van der Waals surface area contributed by atoms with Gasteiger partial charge in [0.25, 0.3) is 11.5 Å². The maximum Gasteiger partial charge on any atom is 0.266 e. The van der Waals surface area contributed by atoms with Gasteiger partial charge in [0.05, 0.1) is 33.2 Å². The molecule has 0 N–H and O–H groups in total. The molecule has 1 heterocycles. The number of nitrogens with zero attached hydrogens (tertiary/aromatic N) is 3. The van der Waals surface area contributed by atoms with Gasteiger partial charge in [-0.15, -0.1) is 0 Å². The van der Waals surface area contributed by atoms with Crippen LogP contribution in [0.15, 0.2) is 71.5 Å². The number of carbonyl (C=O) groups is 1. The lowest BCUT2D eigenvalue weighted by Gasteiger charge is -2.32. The minimum absolute atomic E-state index is 0.165. The fraction of sp³-hybridized carbons (Fsp3) is 0.250. The fourth-order valence-corrected chi connectivity index (χ4v) is 4.86. The molecule has 35 heavy (non-hydrogen) atoms. The predicted molar refractivity (Wildman–Crippen MR) is 143 cm³/mol. The van der Waals surface area contributed by atoms with Gasteiger partial charge in [-0.05, 0) is 67.8 Å². The Morgan fingerprint density at radius 2 is 1.71 bits per heavy atom. The second kappa shape index (κ2) is 10.6. The van der Waals surface area contributed by atoms with Crippen LogP contribution in [0, 0.1) is 0 Å². The van der Waals surface area contributed by atoms with Crippen molar-refractivity contribution in [3.8, 4) is 5.69 Å². The minimum Gasteiger partial charge on any atom is -0.329 e. The number of fused-ring (bicyclic) bond motifs is 1. The number of aryl methyl sites for hydroxylation is 1. The Morgan fingerprint density at radius 3 is 2.34 bits per heavy atom. The summed E-state index contributed by atoms with van der Waals surface area (Å²) in [5, 5.41) is 1.28. The van der Waals surface area contributed by atoms with Gasteiger partial charge in [-0.3, -0.25) is 14.2 Å². The maximum atomic E-state index is 13.8. The molecule has 0 aliphatic carbocycles. The second-order valence-corrected chi connectivity index (χ2v) is 9.13. The molecule has 0 saturated carbocycles. The van der Waals surface area contributed by atoms with E-state index >= 15 is 0 Å². The molecule has 1 aromatic heterocycles. The number of hydrogen-bond acceptors (Lipinski definition) is 3. The number of aromatic nitrogens is 2. The molecule has 5 nitrogen and oxygen atoms in total. The normalized spacial score (nSPS) is 12.0. The van der Waals surface area contributed by atoms with Crippen LogP contribution in [0.25, 0.3) is 16.6 Å². The summed E-state index contributed by atoms with van der Waals surface area (Å²) < 4.78 is 1.63. The van der Waals surface area contributed by atoms with Gasteiger partial charge < -0.3 is 4.90 Å². The summed E-state index contributed by atoms with van der Waals surface area (Å²) in [4.78, 5) is 34.0. The van der Waals surface area contributed by atoms with Crippen LogP contribution in [-0.2, 0) is 6.42 Å². The summed E-state index contributed by atoms with van der Waals surface area (Å²) in [6.45, 7) is 6.39. The first-order valence-electron chi connectivity index (χ1n) is 11.8. The smallest absolute Gasteiger partial charge is 0.266 e. The van der Waals surface area contributed by atoms with E-state index in [-0.39, 0.29) is 16.5 Å². The van der Waals surface area contributed by atoms with Gasteiger partial charge in [0.1, 0.15) is 5.82 Å². The monoisotopic (exact) mass is 507 g/mol. The average molecular weight is 508 g/mol. The zero-order chi connectivity index (χ0) is 25.1. The van der Waals surface area contributed by atoms with Crippen molar-refractivity contribution in [1.82, 2.24) is 14.5 Å². The van der Waals surface area contributed by atoms with E-state index < -0.39 is 6.04 Å². The molecule has 0 bridgehead atoms.